The number of aliphatic hydroxyl groups is 1. The molecule has 0 aromatic heterocycles. The van der Waals surface area contributed by atoms with Crippen LogP contribution in [0.3, 0.4) is 0 Å². The van der Waals surface area contributed by atoms with Crippen LogP contribution >= 0.6 is 0 Å². The molecule has 82 valence electrons. The Labute approximate surface area is 86.7 Å². The largest absolute Gasteiger partial charge is 0.396 e. The van der Waals surface area contributed by atoms with E-state index in [4.69, 9.17) is 0 Å². The zero-order valence-corrected chi connectivity index (χ0v) is 9.38. The summed E-state index contributed by atoms with van der Waals surface area (Å²) in [5.41, 5.74) is 0.0676. The molecule has 0 aromatic carbocycles. The van der Waals surface area contributed by atoms with Crippen molar-refractivity contribution in [1.29, 1.82) is 0 Å². The summed E-state index contributed by atoms with van der Waals surface area (Å²) < 4.78 is 0. The molecule has 0 amide bonds. The number of carbonyl (C=O) groups is 1. The Balaban J connectivity index is 2.45. The molecule has 0 aliphatic heterocycles. The lowest BCUT2D eigenvalue weighted by Crippen LogP contribution is -2.31. The highest BCUT2D eigenvalue weighted by Gasteiger charge is 2.33. The van der Waals surface area contributed by atoms with Crippen molar-refractivity contribution < 1.29 is 9.90 Å². The Morgan fingerprint density at radius 1 is 1.43 bits per heavy atom. The maximum absolute atomic E-state index is 10.9. The number of carbonyl (C=O) groups excluding carboxylic acids is 1. The van der Waals surface area contributed by atoms with Gasteiger partial charge < -0.3 is 9.90 Å². The average molecular weight is 198 g/mol. The van der Waals surface area contributed by atoms with Crippen LogP contribution in [-0.2, 0) is 4.79 Å². The van der Waals surface area contributed by atoms with E-state index in [1.807, 2.05) is 0 Å². The fraction of sp³-hybridized carbons (Fsp3) is 0.917. The molecule has 1 aliphatic rings. The van der Waals surface area contributed by atoms with Crippen molar-refractivity contribution >= 4 is 5.78 Å². The van der Waals surface area contributed by atoms with Gasteiger partial charge in [-0.1, -0.05) is 19.8 Å². The maximum Gasteiger partial charge on any atom is 0.129 e. The van der Waals surface area contributed by atoms with Crippen LogP contribution in [0.5, 0.6) is 0 Å². The molecule has 14 heavy (non-hydrogen) atoms. The molecule has 0 radical (unpaired) electrons. The molecule has 0 unspecified atom stereocenters. The maximum atomic E-state index is 10.9. The molecule has 0 bridgehead atoms. The van der Waals surface area contributed by atoms with E-state index in [2.05, 4.69) is 6.92 Å². The van der Waals surface area contributed by atoms with Gasteiger partial charge in [-0.3, -0.25) is 0 Å². The van der Waals surface area contributed by atoms with E-state index in [1.165, 1.54) is 12.8 Å². The van der Waals surface area contributed by atoms with Crippen molar-refractivity contribution in [1.82, 2.24) is 0 Å². The average Bonchev–Trinajstić information content (AvgIpc) is 2.18. The molecule has 2 nitrogen and oxygen atoms in total. The molecule has 1 fully saturated rings. The number of hydrogen-bond donors (Lipinski definition) is 1. The van der Waals surface area contributed by atoms with Gasteiger partial charge in [-0.2, -0.15) is 0 Å². The quantitative estimate of drug-likeness (QED) is 0.753. The fourth-order valence-corrected chi connectivity index (χ4v) is 2.30. The van der Waals surface area contributed by atoms with Crippen LogP contribution in [-0.4, -0.2) is 17.5 Å². The second-order valence-electron chi connectivity index (χ2n) is 5.04. The molecule has 1 N–H and O–H groups in total. The van der Waals surface area contributed by atoms with E-state index in [1.54, 1.807) is 6.92 Å². The lowest BCUT2D eigenvalue weighted by molar-refractivity contribution is -0.118. The Morgan fingerprint density at radius 3 is 2.43 bits per heavy atom. The van der Waals surface area contributed by atoms with E-state index in [0.717, 1.165) is 25.2 Å². The van der Waals surface area contributed by atoms with Crippen molar-refractivity contribution in [3.63, 3.8) is 0 Å². The minimum Gasteiger partial charge on any atom is -0.396 e. The predicted octanol–water partition coefficient (Wildman–Crippen LogP) is 2.54. The topological polar surface area (TPSA) is 37.3 Å². The first kappa shape index (κ1) is 11.7. The molecule has 0 heterocycles. The van der Waals surface area contributed by atoms with E-state index in [0.29, 0.717) is 6.42 Å². The molecule has 0 atom stereocenters. The third-order valence-electron chi connectivity index (χ3n) is 3.68. The molecule has 1 rings (SSSR count). The standard InChI is InChI=1S/C12H22O2/c1-10-3-6-12(9-13,7-4-10)8-5-11(2)14/h10,13H,3-9H2,1-2H3. The van der Waals surface area contributed by atoms with Crippen LogP contribution in [0.25, 0.3) is 0 Å². The second-order valence-corrected chi connectivity index (χ2v) is 5.04. The highest BCUT2D eigenvalue weighted by Crippen LogP contribution is 2.41. The summed E-state index contributed by atoms with van der Waals surface area (Å²) in [6, 6.07) is 0. The van der Waals surface area contributed by atoms with Gasteiger partial charge in [0.05, 0.1) is 0 Å². The number of rotatable bonds is 4. The van der Waals surface area contributed by atoms with Crippen LogP contribution in [0, 0.1) is 11.3 Å². The van der Waals surface area contributed by atoms with Gasteiger partial charge in [0.2, 0.25) is 0 Å². The number of ketones is 1. The van der Waals surface area contributed by atoms with Crippen molar-refractivity contribution in [3.8, 4) is 0 Å². The van der Waals surface area contributed by atoms with Gasteiger partial charge in [0.15, 0.2) is 0 Å². The minimum atomic E-state index is 0.0676. The zero-order valence-electron chi connectivity index (χ0n) is 9.38. The zero-order chi connectivity index (χ0) is 10.6. The van der Waals surface area contributed by atoms with E-state index in [9.17, 15) is 9.90 Å². The molecule has 1 aliphatic carbocycles. The molecule has 0 aromatic rings. The summed E-state index contributed by atoms with van der Waals surface area (Å²) in [7, 11) is 0. The normalized spacial score (nSPS) is 32.9. The lowest BCUT2D eigenvalue weighted by Gasteiger charge is -2.38. The molecule has 0 saturated heterocycles. The van der Waals surface area contributed by atoms with Crippen LogP contribution in [0.4, 0.5) is 0 Å². The first-order valence-electron chi connectivity index (χ1n) is 5.68. The molecular formula is C12H22O2. The van der Waals surface area contributed by atoms with Gasteiger partial charge in [-0.15, -0.1) is 0 Å². The highest BCUT2D eigenvalue weighted by atomic mass is 16.3. The highest BCUT2D eigenvalue weighted by molar-refractivity contribution is 5.75. The monoisotopic (exact) mass is 198 g/mol. The van der Waals surface area contributed by atoms with Gasteiger partial charge in [0.1, 0.15) is 5.78 Å². The second kappa shape index (κ2) is 4.92. The van der Waals surface area contributed by atoms with E-state index >= 15 is 0 Å². The Morgan fingerprint density at radius 2 is 2.00 bits per heavy atom. The lowest BCUT2D eigenvalue weighted by atomic mass is 9.69. The van der Waals surface area contributed by atoms with Gasteiger partial charge in [0, 0.05) is 13.0 Å². The number of Topliss-reactive ketones (excluding diaryl/α,β-unsaturated/α-hetero) is 1. The predicted molar refractivity (Wildman–Crippen MR) is 57.1 cm³/mol. The van der Waals surface area contributed by atoms with Crippen LogP contribution in [0.15, 0.2) is 0 Å². The molecule has 0 spiro atoms. The number of aliphatic hydroxyl groups excluding tert-OH is 1. The molecular weight excluding hydrogens is 176 g/mol. The third kappa shape index (κ3) is 3.09. The molecule has 2 heteroatoms. The van der Waals surface area contributed by atoms with Crippen LogP contribution in [0.2, 0.25) is 0 Å². The summed E-state index contributed by atoms with van der Waals surface area (Å²) in [6.07, 6.45) is 6.12. The third-order valence-corrected chi connectivity index (χ3v) is 3.68. The number of hydrogen-bond acceptors (Lipinski definition) is 2. The van der Waals surface area contributed by atoms with E-state index < -0.39 is 0 Å². The minimum absolute atomic E-state index is 0.0676. The van der Waals surface area contributed by atoms with Crippen LogP contribution < -0.4 is 0 Å². The van der Waals surface area contributed by atoms with Crippen molar-refractivity contribution in [2.24, 2.45) is 11.3 Å². The van der Waals surface area contributed by atoms with Crippen molar-refractivity contribution in [2.45, 2.75) is 52.4 Å². The smallest absolute Gasteiger partial charge is 0.129 e. The summed E-state index contributed by atoms with van der Waals surface area (Å²) in [5.74, 6) is 1.04. The first-order valence-corrected chi connectivity index (χ1v) is 5.68. The van der Waals surface area contributed by atoms with Crippen molar-refractivity contribution in [2.75, 3.05) is 6.61 Å². The van der Waals surface area contributed by atoms with Gasteiger partial charge in [-0.05, 0) is 37.5 Å². The first-order chi connectivity index (χ1) is 6.58. The van der Waals surface area contributed by atoms with E-state index in [-0.39, 0.29) is 17.8 Å². The SMILES string of the molecule is CC(=O)CCC1(CO)CCC(C)CC1. The summed E-state index contributed by atoms with van der Waals surface area (Å²) >= 11 is 0. The van der Waals surface area contributed by atoms with Crippen molar-refractivity contribution in [3.05, 3.63) is 0 Å². The summed E-state index contributed by atoms with van der Waals surface area (Å²) in [4.78, 5) is 10.9. The van der Waals surface area contributed by atoms with Crippen LogP contribution in [0.1, 0.15) is 52.4 Å². The Bertz CT molecular complexity index is 190. The Kier molecular flexibility index (Phi) is 4.11. The van der Waals surface area contributed by atoms with Gasteiger partial charge >= 0.3 is 0 Å². The summed E-state index contributed by atoms with van der Waals surface area (Å²) in [5, 5.41) is 9.43. The van der Waals surface area contributed by atoms with Gasteiger partial charge in [0.25, 0.3) is 0 Å². The Hall–Kier alpha value is -0.370. The fourth-order valence-electron chi connectivity index (χ4n) is 2.30. The molecule has 1 saturated carbocycles. The summed E-state index contributed by atoms with van der Waals surface area (Å²) in [6.45, 7) is 4.16. The van der Waals surface area contributed by atoms with Gasteiger partial charge in [-0.25, -0.2) is 0 Å².